The second-order valence-electron chi connectivity index (χ2n) is 4.59. The van der Waals surface area contributed by atoms with Crippen LogP contribution < -0.4 is 0 Å². The molecule has 1 aromatic rings. The molecule has 0 amide bonds. The first-order chi connectivity index (χ1) is 7.59. The van der Waals surface area contributed by atoms with E-state index in [0.29, 0.717) is 0 Å². The number of hydrogen-bond donors (Lipinski definition) is 0. The number of unbranched alkanes of at least 4 members (excludes halogenated alkanes) is 2. The Hall–Kier alpha value is -0.750. The number of allylic oxidation sites excluding steroid dienone is 1. The average molecular weight is 237 g/mol. The van der Waals surface area contributed by atoms with Gasteiger partial charge in [-0.05, 0) is 62.8 Å². The lowest BCUT2D eigenvalue weighted by Gasteiger charge is -2.06. The zero-order valence-corrected chi connectivity index (χ0v) is 11.1. The van der Waals surface area contributed by atoms with E-state index in [9.17, 15) is 0 Å². The van der Waals surface area contributed by atoms with Crippen molar-refractivity contribution in [2.75, 3.05) is 0 Å². The molecule has 0 aliphatic rings. The van der Waals surface area contributed by atoms with Gasteiger partial charge in [-0.1, -0.05) is 29.7 Å². The minimum atomic E-state index is 0.837. The maximum atomic E-state index is 5.93. The standard InChI is InChI=1S/C15H21Cl/c1-12(2)7-5-4-6-8-14-9-10-15(16)11-13(14)3/h9-11H,1,4-8H2,2-3H3. The highest BCUT2D eigenvalue weighted by Crippen LogP contribution is 2.17. The van der Waals surface area contributed by atoms with Gasteiger partial charge in [0.2, 0.25) is 0 Å². The first-order valence-electron chi connectivity index (χ1n) is 5.99. The van der Waals surface area contributed by atoms with Crippen LogP contribution in [0.3, 0.4) is 0 Å². The lowest BCUT2D eigenvalue weighted by atomic mass is 10.0. The smallest absolute Gasteiger partial charge is 0.0408 e. The van der Waals surface area contributed by atoms with Gasteiger partial charge >= 0.3 is 0 Å². The molecule has 0 aromatic heterocycles. The summed E-state index contributed by atoms with van der Waals surface area (Å²) in [6.07, 6.45) is 6.14. The molecule has 0 unspecified atom stereocenters. The fourth-order valence-electron chi connectivity index (χ4n) is 1.86. The molecular formula is C15H21Cl. The van der Waals surface area contributed by atoms with Crippen LogP contribution in [0.15, 0.2) is 30.4 Å². The Balaban J connectivity index is 2.29. The molecule has 16 heavy (non-hydrogen) atoms. The Kier molecular flexibility index (Phi) is 5.62. The number of halogens is 1. The van der Waals surface area contributed by atoms with Crippen LogP contribution in [0, 0.1) is 6.92 Å². The van der Waals surface area contributed by atoms with Crippen molar-refractivity contribution < 1.29 is 0 Å². The average Bonchev–Trinajstić information content (AvgIpc) is 2.20. The van der Waals surface area contributed by atoms with Crippen LogP contribution in [-0.2, 0) is 6.42 Å². The Morgan fingerprint density at radius 3 is 2.62 bits per heavy atom. The highest BCUT2D eigenvalue weighted by atomic mass is 35.5. The number of benzene rings is 1. The maximum Gasteiger partial charge on any atom is 0.0408 e. The quantitative estimate of drug-likeness (QED) is 0.463. The topological polar surface area (TPSA) is 0 Å². The molecule has 88 valence electrons. The summed E-state index contributed by atoms with van der Waals surface area (Å²) < 4.78 is 0. The van der Waals surface area contributed by atoms with Crippen molar-refractivity contribution in [2.24, 2.45) is 0 Å². The zero-order chi connectivity index (χ0) is 12.0. The highest BCUT2D eigenvalue weighted by Gasteiger charge is 1.99. The maximum absolute atomic E-state index is 5.93. The van der Waals surface area contributed by atoms with E-state index in [1.54, 1.807) is 0 Å². The third-order valence-corrected chi connectivity index (χ3v) is 3.09. The molecule has 0 fully saturated rings. The third-order valence-electron chi connectivity index (χ3n) is 2.85. The van der Waals surface area contributed by atoms with Crippen LogP contribution in [0.25, 0.3) is 0 Å². The van der Waals surface area contributed by atoms with E-state index >= 15 is 0 Å². The van der Waals surface area contributed by atoms with Gasteiger partial charge in [-0.25, -0.2) is 0 Å². The van der Waals surface area contributed by atoms with Crippen molar-refractivity contribution in [3.8, 4) is 0 Å². The molecule has 0 bridgehead atoms. The van der Waals surface area contributed by atoms with Crippen LogP contribution >= 0.6 is 11.6 Å². The molecule has 0 aliphatic heterocycles. The Morgan fingerprint density at radius 1 is 1.25 bits per heavy atom. The molecule has 1 aromatic carbocycles. The lowest BCUT2D eigenvalue weighted by Crippen LogP contribution is -1.90. The first kappa shape index (κ1) is 13.3. The van der Waals surface area contributed by atoms with Crippen molar-refractivity contribution in [1.82, 2.24) is 0 Å². The van der Waals surface area contributed by atoms with Crippen molar-refractivity contribution in [3.63, 3.8) is 0 Å². The summed E-state index contributed by atoms with van der Waals surface area (Å²) in [4.78, 5) is 0. The van der Waals surface area contributed by atoms with Crippen LogP contribution in [-0.4, -0.2) is 0 Å². The Morgan fingerprint density at radius 2 is 2.00 bits per heavy atom. The molecular weight excluding hydrogens is 216 g/mol. The molecule has 0 saturated heterocycles. The minimum Gasteiger partial charge on any atom is -0.100 e. The van der Waals surface area contributed by atoms with Gasteiger partial charge in [0.1, 0.15) is 0 Å². The van der Waals surface area contributed by atoms with Gasteiger partial charge in [0.25, 0.3) is 0 Å². The number of hydrogen-bond acceptors (Lipinski definition) is 0. The molecule has 0 saturated carbocycles. The van der Waals surface area contributed by atoms with Gasteiger partial charge in [-0.2, -0.15) is 0 Å². The predicted octanol–water partition coefficient (Wildman–Crippen LogP) is 5.33. The van der Waals surface area contributed by atoms with Crippen molar-refractivity contribution in [3.05, 3.63) is 46.5 Å². The fraction of sp³-hybridized carbons (Fsp3) is 0.467. The van der Waals surface area contributed by atoms with Crippen molar-refractivity contribution in [1.29, 1.82) is 0 Å². The first-order valence-corrected chi connectivity index (χ1v) is 6.37. The van der Waals surface area contributed by atoms with Gasteiger partial charge in [0.15, 0.2) is 0 Å². The molecule has 0 spiro atoms. The van der Waals surface area contributed by atoms with Crippen LogP contribution in [0.1, 0.15) is 43.7 Å². The van der Waals surface area contributed by atoms with Gasteiger partial charge in [-0.15, -0.1) is 6.58 Å². The number of rotatable bonds is 6. The van der Waals surface area contributed by atoms with Crippen LogP contribution in [0.5, 0.6) is 0 Å². The minimum absolute atomic E-state index is 0.837. The molecule has 1 heteroatoms. The van der Waals surface area contributed by atoms with Crippen molar-refractivity contribution in [2.45, 2.75) is 46.0 Å². The summed E-state index contributed by atoms with van der Waals surface area (Å²) in [6, 6.07) is 6.18. The van der Waals surface area contributed by atoms with E-state index in [1.807, 2.05) is 12.1 Å². The van der Waals surface area contributed by atoms with E-state index in [0.717, 1.165) is 5.02 Å². The van der Waals surface area contributed by atoms with E-state index in [2.05, 4.69) is 26.5 Å². The molecule has 1 rings (SSSR count). The van der Waals surface area contributed by atoms with Crippen molar-refractivity contribution >= 4 is 11.6 Å². The summed E-state index contributed by atoms with van der Waals surface area (Å²) in [5, 5.41) is 0.837. The van der Waals surface area contributed by atoms with Gasteiger partial charge in [0, 0.05) is 5.02 Å². The molecule has 0 aliphatic carbocycles. The van der Waals surface area contributed by atoms with Gasteiger partial charge < -0.3 is 0 Å². The summed E-state index contributed by atoms with van der Waals surface area (Å²) in [6.45, 7) is 8.15. The van der Waals surface area contributed by atoms with E-state index in [-0.39, 0.29) is 0 Å². The third kappa shape index (κ3) is 4.85. The highest BCUT2D eigenvalue weighted by molar-refractivity contribution is 6.30. The Labute approximate surface area is 104 Å². The zero-order valence-electron chi connectivity index (χ0n) is 10.4. The largest absolute Gasteiger partial charge is 0.100 e. The van der Waals surface area contributed by atoms with Gasteiger partial charge in [-0.3, -0.25) is 0 Å². The van der Waals surface area contributed by atoms with Crippen LogP contribution in [0.4, 0.5) is 0 Å². The van der Waals surface area contributed by atoms with Gasteiger partial charge in [0.05, 0.1) is 0 Å². The number of aryl methyl sites for hydroxylation is 2. The molecule has 0 nitrogen and oxygen atoms in total. The SMILES string of the molecule is C=C(C)CCCCCc1ccc(Cl)cc1C. The van der Waals surface area contributed by atoms with E-state index in [1.165, 1.54) is 48.8 Å². The second-order valence-corrected chi connectivity index (χ2v) is 5.03. The molecule has 0 atom stereocenters. The summed E-state index contributed by atoms with van der Waals surface area (Å²) in [7, 11) is 0. The second kappa shape index (κ2) is 6.75. The monoisotopic (exact) mass is 236 g/mol. The lowest BCUT2D eigenvalue weighted by molar-refractivity contribution is 0.675. The molecule has 0 heterocycles. The summed E-state index contributed by atoms with van der Waals surface area (Å²) in [5.74, 6) is 0. The van der Waals surface area contributed by atoms with E-state index < -0.39 is 0 Å². The normalized spacial score (nSPS) is 10.4. The molecule has 0 N–H and O–H groups in total. The van der Waals surface area contributed by atoms with E-state index in [4.69, 9.17) is 11.6 Å². The fourth-order valence-corrected chi connectivity index (χ4v) is 2.09. The summed E-state index contributed by atoms with van der Waals surface area (Å²) >= 11 is 5.93. The predicted molar refractivity (Wildman–Crippen MR) is 73.2 cm³/mol. The summed E-state index contributed by atoms with van der Waals surface area (Å²) in [5.41, 5.74) is 4.04. The van der Waals surface area contributed by atoms with Crippen LogP contribution in [0.2, 0.25) is 5.02 Å². The Bertz CT molecular complexity index is 352. The molecule has 0 radical (unpaired) electrons.